The summed E-state index contributed by atoms with van der Waals surface area (Å²) in [6.45, 7) is 3.29. The number of terminal acetylenes is 1. The summed E-state index contributed by atoms with van der Waals surface area (Å²) >= 11 is 0. The highest BCUT2D eigenvalue weighted by molar-refractivity contribution is 7.89. The van der Waals surface area contributed by atoms with Crippen molar-refractivity contribution in [3.8, 4) is 12.3 Å². The quantitative estimate of drug-likeness (QED) is 0.547. The van der Waals surface area contributed by atoms with E-state index in [-0.39, 0.29) is 17.0 Å². The SMILES string of the molecule is C#CCNS(=O)(=O)c1ccc(C(=O)OCC(=O)Nc2ccc(C)c(C)c2)cc1. The highest BCUT2D eigenvalue weighted by atomic mass is 32.2. The summed E-state index contributed by atoms with van der Waals surface area (Å²) in [7, 11) is -3.74. The predicted molar refractivity (Wildman–Crippen MR) is 105 cm³/mol. The molecule has 146 valence electrons. The smallest absolute Gasteiger partial charge is 0.338 e. The van der Waals surface area contributed by atoms with Crippen LogP contribution < -0.4 is 10.0 Å². The third kappa shape index (κ3) is 5.67. The van der Waals surface area contributed by atoms with Crippen molar-refractivity contribution in [3.63, 3.8) is 0 Å². The summed E-state index contributed by atoms with van der Waals surface area (Å²) < 4.78 is 31.0. The molecular weight excluding hydrogens is 380 g/mol. The van der Waals surface area contributed by atoms with Gasteiger partial charge in [-0.2, -0.15) is 4.72 Å². The lowest BCUT2D eigenvalue weighted by Crippen LogP contribution is -2.24. The number of rotatable bonds is 7. The third-order valence-electron chi connectivity index (χ3n) is 3.89. The number of anilines is 1. The first kappa shape index (κ1) is 21.2. The molecule has 8 heteroatoms. The standard InChI is InChI=1S/C20H20N2O5S/c1-4-11-21-28(25,26)18-9-6-16(7-10-18)20(24)27-13-19(23)22-17-8-5-14(2)15(3)12-17/h1,5-10,12,21H,11,13H2,2-3H3,(H,22,23). The van der Waals surface area contributed by atoms with Crippen molar-refractivity contribution in [1.29, 1.82) is 0 Å². The van der Waals surface area contributed by atoms with Crippen molar-refractivity contribution >= 4 is 27.6 Å². The minimum absolute atomic E-state index is 0.0354. The molecule has 2 aromatic rings. The van der Waals surface area contributed by atoms with Crippen LogP contribution in [-0.2, 0) is 19.6 Å². The highest BCUT2D eigenvalue weighted by Gasteiger charge is 2.15. The topological polar surface area (TPSA) is 102 Å². The van der Waals surface area contributed by atoms with Crippen molar-refractivity contribution in [1.82, 2.24) is 4.72 Å². The van der Waals surface area contributed by atoms with Crippen molar-refractivity contribution < 1.29 is 22.7 Å². The summed E-state index contributed by atoms with van der Waals surface area (Å²) in [6.07, 6.45) is 5.03. The van der Waals surface area contributed by atoms with Gasteiger partial charge in [0.25, 0.3) is 5.91 Å². The molecule has 0 aliphatic rings. The number of ether oxygens (including phenoxy) is 1. The fourth-order valence-electron chi connectivity index (χ4n) is 2.22. The van der Waals surface area contributed by atoms with Crippen molar-refractivity contribution in [2.24, 2.45) is 0 Å². The molecule has 0 aliphatic carbocycles. The van der Waals surface area contributed by atoms with Gasteiger partial charge in [0.15, 0.2) is 6.61 Å². The molecular formula is C20H20N2O5S. The molecule has 0 aliphatic heterocycles. The minimum atomic E-state index is -3.74. The van der Waals surface area contributed by atoms with Crippen LogP contribution in [0.4, 0.5) is 5.69 Å². The van der Waals surface area contributed by atoms with Gasteiger partial charge in [-0.05, 0) is 61.4 Å². The Morgan fingerprint density at radius 2 is 1.75 bits per heavy atom. The number of aryl methyl sites for hydroxylation is 2. The van der Waals surface area contributed by atoms with E-state index in [1.807, 2.05) is 26.0 Å². The molecule has 0 saturated carbocycles. The maximum Gasteiger partial charge on any atom is 0.338 e. The van der Waals surface area contributed by atoms with E-state index in [0.717, 1.165) is 11.1 Å². The summed E-state index contributed by atoms with van der Waals surface area (Å²) in [5.41, 5.74) is 2.86. The Morgan fingerprint density at radius 3 is 2.36 bits per heavy atom. The molecule has 0 heterocycles. The van der Waals surface area contributed by atoms with Gasteiger partial charge in [-0.1, -0.05) is 12.0 Å². The second kappa shape index (κ2) is 9.17. The van der Waals surface area contributed by atoms with Gasteiger partial charge in [0.1, 0.15) is 0 Å². The lowest BCUT2D eigenvalue weighted by Gasteiger charge is -2.09. The zero-order valence-corrected chi connectivity index (χ0v) is 16.3. The van der Waals surface area contributed by atoms with Crippen LogP contribution in [0, 0.1) is 26.2 Å². The number of sulfonamides is 1. The average Bonchev–Trinajstić information content (AvgIpc) is 2.67. The zero-order chi connectivity index (χ0) is 20.7. The molecule has 0 radical (unpaired) electrons. The van der Waals surface area contributed by atoms with Crippen molar-refractivity contribution in [2.75, 3.05) is 18.5 Å². The number of hydrogen-bond donors (Lipinski definition) is 2. The van der Waals surface area contributed by atoms with Gasteiger partial charge in [-0.15, -0.1) is 6.42 Å². The van der Waals surface area contributed by atoms with E-state index in [9.17, 15) is 18.0 Å². The van der Waals surface area contributed by atoms with Crippen LogP contribution in [0.15, 0.2) is 47.4 Å². The summed E-state index contributed by atoms with van der Waals surface area (Å²) in [5, 5.41) is 2.65. The lowest BCUT2D eigenvalue weighted by molar-refractivity contribution is -0.119. The molecule has 28 heavy (non-hydrogen) atoms. The number of carbonyl (C=O) groups is 2. The first-order valence-electron chi connectivity index (χ1n) is 8.30. The maximum absolute atomic E-state index is 12.0. The van der Waals surface area contributed by atoms with Gasteiger partial charge in [-0.3, -0.25) is 4.79 Å². The van der Waals surface area contributed by atoms with Gasteiger partial charge in [0.2, 0.25) is 10.0 Å². The second-order valence-electron chi connectivity index (χ2n) is 5.98. The van der Waals surface area contributed by atoms with Gasteiger partial charge < -0.3 is 10.1 Å². The van der Waals surface area contributed by atoms with Crippen molar-refractivity contribution in [3.05, 3.63) is 59.2 Å². The Hall–Kier alpha value is -3.15. The Kier molecular flexibility index (Phi) is 6.93. The molecule has 0 spiro atoms. The van der Waals surface area contributed by atoms with E-state index in [1.54, 1.807) is 6.07 Å². The largest absolute Gasteiger partial charge is 0.452 e. The van der Waals surface area contributed by atoms with E-state index in [4.69, 9.17) is 11.2 Å². The monoisotopic (exact) mass is 400 g/mol. The number of amides is 1. The summed E-state index contributed by atoms with van der Waals surface area (Å²) in [6, 6.07) is 10.6. The summed E-state index contributed by atoms with van der Waals surface area (Å²) in [4.78, 5) is 23.9. The molecule has 2 aromatic carbocycles. The van der Waals surface area contributed by atoms with Gasteiger partial charge >= 0.3 is 5.97 Å². The molecule has 0 aromatic heterocycles. The Morgan fingerprint density at radius 1 is 1.07 bits per heavy atom. The number of esters is 1. The molecule has 0 bridgehead atoms. The minimum Gasteiger partial charge on any atom is -0.452 e. The van der Waals surface area contributed by atoms with Crippen LogP contribution >= 0.6 is 0 Å². The molecule has 2 N–H and O–H groups in total. The van der Waals surface area contributed by atoms with Crippen LogP contribution in [0.2, 0.25) is 0 Å². The first-order valence-corrected chi connectivity index (χ1v) is 9.78. The molecule has 1 amide bonds. The fraction of sp³-hybridized carbons (Fsp3) is 0.200. The van der Waals surface area contributed by atoms with Gasteiger partial charge in [0.05, 0.1) is 17.0 Å². The number of benzene rings is 2. The molecule has 0 saturated heterocycles. The average molecular weight is 400 g/mol. The van der Waals surface area contributed by atoms with Crippen LogP contribution in [0.5, 0.6) is 0 Å². The zero-order valence-electron chi connectivity index (χ0n) is 15.5. The van der Waals surface area contributed by atoms with E-state index >= 15 is 0 Å². The molecule has 7 nitrogen and oxygen atoms in total. The summed E-state index contributed by atoms with van der Waals surface area (Å²) in [5.74, 6) is 0.954. The third-order valence-corrected chi connectivity index (χ3v) is 5.31. The van der Waals surface area contributed by atoms with Crippen LogP contribution in [0.3, 0.4) is 0 Å². The lowest BCUT2D eigenvalue weighted by atomic mass is 10.1. The van der Waals surface area contributed by atoms with E-state index in [1.165, 1.54) is 24.3 Å². The number of hydrogen-bond acceptors (Lipinski definition) is 5. The van der Waals surface area contributed by atoms with Crippen LogP contribution in [0.1, 0.15) is 21.5 Å². The Bertz CT molecular complexity index is 1020. The number of carbonyl (C=O) groups excluding carboxylic acids is 2. The van der Waals surface area contributed by atoms with E-state index in [0.29, 0.717) is 5.69 Å². The predicted octanol–water partition coefficient (Wildman–Crippen LogP) is 2.01. The van der Waals surface area contributed by atoms with E-state index < -0.39 is 28.5 Å². The van der Waals surface area contributed by atoms with Gasteiger partial charge in [0, 0.05) is 5.69 Å². The fourth-order valence-corrected chi connectivity index (χ4v) is 3.16. The highest BCUT2D eigenvalue weighted by Crippen LogP contribution is 2.14. The van der Waals surface area contributed by atoms with Gasteiger partial charge in [-0.25, -0.2) is 13.2 Å². The van der Waals surface area contributed by atoms with Crippen LogP contribution in [0.25, 0.3) is 0 Å². The number of nitrogens with one attached hydrogen (secondary N) is 2. The van der Waals surface area contributed by atoms with Crippen molar-refractivity contribution in [2.45, 2.75) is 18.7 Å². The Labute approximate surface area is 164 Å². The van der Waals surface area contributed by atoms with E-state index in [2.05, 4.69) is 16.0 Å². The molecule has 2 rings (SSSR count). The molecule has 0 fully saturated rings. The first-order chi connectivity index (χ1) is 13.2. The maximum atomic E-state index is 12.0. The molecule has 0 unspecified atom stereocenters. The van der Waals surface area contributed by atoms with Crippen LogP contribution in [-0.4, -0.2) is 33.4 Å². The Balaban J connectivity index is 1.93. The second-order valence-corrected chi connectivity index (χ2v) is 7.74. The molecule has 0 atom stereocenters. The normalized spacial score (nSPS) is 10.8.